The first-order valence-electron chi connectivity index (χ1n) is 6.33. The van der Waals surface area contributed by atoms with Gasteiger partial charge in [-0.2, -0.15) is 0 Å². The van der Waals surface area contributed by atoms with Gasteiger partial charge in [0.15, 0.2) is 0 Å². The average molecular weight is 235 g/mol. The van der Waals surface area contributed by atoms with E-state index >= 15 is 0 Å². The Morgan fingerprint density at radius 2 is 2.24 bits per heavy atom. The summed E-state index contributed by atoms with van der Waals surface area (Å²) in [6, 6.07) is 7.04. The van der Waals surface area contributed by atoms with Crippen molar-refractivity contribution in [3.63, 3.8) is 0 Å². The number of aliphatic hydroxyl groups is 1. The molecule has 94 valence electrons. The van der Waals surface area contributed by atoms with Gasteiger partial charge in [0, 0.05) is 12.5 Å². The highest BCUT2D eigenvalue weighted by atomic mass is 16.3. The van der Waals surface area contributed by atoms with Gasteiger partial charge in [-0.05, 0) is 37.6 Å². The van der Waals surface area contributed by atoms with Crippen molar-refractivity contribution in [2.24, 2.45) is 5.92 Å². The highest BCUT2D eigenvalue weighted by Crippen LogP contribution is 2.42. The molecular formula is C14H21NO2. The molecule has 0 saturated heterocycles. The van der Waals surface area contributed by atoms with Crippen LogP contribution in [0.25, 0.3) is 0 Å². The summed E-state index contributed by atoms with van der Waals surface area (Å²) in [7, 11) is 1.91. The number of benzene rings is 1. The molecule has 2 atom stereocenters. The van der Waals surface area contributed by atoms with Crippen LogP contribution >= 0.6 is 0 Å². The fourth-order valence-electron chi connectivity index (χ4n) is 2.90. The van der Waals surface area contributed by atoms with Gasteiger partial charge in [-0.15, -0.1) is 0 Å². The minimum atomic E-state index is -0.792. The molecule has 0 aromatic heterocycles. The van der Waals surface area contributed by atoms with Crippen molar-refractivity contribution in [2.75, 3.05) is 13.6 Å². The summed E-state index contributed by atoms with van der Waals surface area (Å²) in [6.45, 7) is 0.812. The van der Waals surface area contributed by atoms with Crippen LogP contribution < -0.4 is 5.32 Å². The zero-order chi connectivity index (χ0) is 12.3. The van der Waals surface area contributed by atoms with E-state index in [1.54, 1.807) is 18.2 Å². The molecule has 17 heavy (non-hydrogen) atoms. The van der Waals surface area contributed by atoms with Gasteiger partial charge < -0.3 is 15.5 Å². The highest BCUT2D eigenvalue weighted by Gasteiger charge is 2.39. The minimum absolute atomic E-state index is 0.225. The molecule has 3 heteroatoms. The van der Waals surface area contributed by atoms with E-state index in [0.717, 1.165) is 31.4 Å². The summed E-state index contributed by atoms with van der Waals surface area (Å²) in [4.78, 5) is 0. The molecule has 3 nitrogen and oxygen atoms in total. The Balaban J connectivity index is 2.30. The van der Waals surface area contributed by atoms with E-state index in [1.165, 1.54) is 6.42 Å². The summed E-state index contributed by atoms with van der Waals surface area (Å²) in [5.41, 5.74) is 0.0532. The zero-order valence-electron chi connectivity index (χ0n) is 10.3. The summed E-state index contributed by atoms with van der Waals surface area (Å²) in [5.74, 6) is 0.452. The second-order valence-corrected chi connectivity index (χ2v) is 4.97. The lowest BCUT2D eigenvalue weighted by Crippen LogP contribution is -2.42. The third kappa shape index (κ3) is 2.45. The van der Waals surface area contributed by atoms with E-state index in [1.807, 2.05) is 13.1 Å². The van der Waals surface area contributed by atoms with Gasteiger partial charge in [-0.1, -0.05) is 25.0 Å². The Bertz CT molecular complexity index is 378. The molecule has 1 aromatic rings. The molecule has 1 saturated carbocycles. The Kier molecular flexibility index (Phi) is 3.69. The quantitative estimate of drug-likeness (QED) is 0.751. The third-order valence-electron chi connectivity index (χ3n) is 3.83. The van der Waals surface area contributed by atoms with E-state index in [-0.39, 0.29) is 11.7 Å². The molecular weight excluding hydrogens is 214 g/mol. The topological polar surface area (TPSA) is 52.5 Å². The highest BCUT2D eigenvalue weighted by molar-refractivity contribution is 5.32. The molecule has 0 amide bonds. The first-order valence-corrected chi connectivity index (χ1v) is 6.33. The first-order chi connectivity index (χ1) is 8.16. The zero-order valence-corrected chi connectivity index (χ0v) is 10.3. The Morgan fingerprint density at radius 3 is 2.94 bits per heavy atom. The average Bonchev–Trinajstić information content (AvgIpc) is 2.32. The second-order valence-electron chi connectivity index (χ2n) is 4.97. The smallest absolute Gasteiger partial charge is 0.115 e. The minimum Gasteiger partial charge on any atom is -0.508 e. The van der Waals surface area contributed by atoms with Crippen molar-refractivity contribution in [2.45, 2.75) is 31.3 Å². The molecule has 1 aliphatic carbocycles. The molecule has 0 bridgehead atoms. The lowest BCUT2D eigenvalue weighted by Gasteiger charge is -2.40. The lowest BCUT2D eigenvalue weighted by atomic mass is 9.71. The van der Waals surface area contributed by atoms with E-state index in [4.69, 9.17) is 0 Å². The van der Waals surface area contributed by atoms with Crippen molar-refractivity contribution in [1.29, 1.82) is 0 Å². The summed E-state index contributed by atoms with van der Waals surface area (Å²) in [6.07, 6.45) is 4.04. The van der Waals surface area contributed by atoms with Crippen molar-refractivity contribution in [3.8, 4) is 5.75 Å². The maximum absolute atomic E-state index is 10.9. The SMILES string of the molecule is CNC[C@@H]1CCCC[C@@]1(O)c1cccc(O)c1. The number of hydrogen-bond donors (Lipinski definition) is 3. The molecule has 1 aliphatic rings. The Labute approximate surface area is 102 Å². The normalized spacial score (nSPS) is 29.2. The summed E-state index contributed by atoms with van der Waals surface area (Å²) >= 11 is 0. The second kappa shape index (κ2) is 5.07. The van der Waals surface area contributed by atoms with Crippen LogP contribution in [0.5, 0.6) is 5.75 Å². The summed E-state index contributed by atoms with van der Waals surface area (Å²) < 4.78 is 0. The largest absolute Gasteiger partial charge is 0.508 e. The number of phenols is 1. The maximum Gasteiger partial charge on any atom is 0.115 e. The van der Waals surface area contributed by atoms with Crippen LogP contribution in [0.2, 0.25) is 0 Å². The third-order valence-corrected chi connectivity index (χ3v) is 3.83. The molecule has 0 unspecified atom stereocenters. The van der Waals surface area contributed by atoms with Crippen molar-refractivity contribution in [1.82, 2.24) is 5.32 Å². The fraction of sp³-hybridized carbons (Fsp3) is 0.571. The molecule has 0 heterocycles. The molecule has 1 fully saturated rings. The number of phenolic OH excluding ortho intramolecular Hbond substituents is 1. The molecule has 1 aromatic carbocycles. The van der Waals surface area contributed by atoms with E-state index < -0.39 is 5.60 Å². The van der Waals surface area contributed by atoms with Gasteiger partial charge in [0.2, 0.25) is 0 Å². The van der Waals surface area contributed by atoms with Crippen molar-refractivity contribution >= 4 is 0 Å². The fourth-order valence-corrected chi connectivity index (χ4v) is 2.90. The van der Waals surface area contributed by atoms with Crippen molar-refractivity contribution in [3.05, 3.63) is 29.8 Å². The molecule has 2 rings (SSSR count). The van der Waals surface area contributed by atoms with E-state index in [9.17, 15) is 10.2 Å². The van der Waals surface area contributed by atoms with Crippen molar-refractivity contribution < 1.29 is 10.2 Å². The number of hydrogen-bond acceptors (Lipinski definition) is 3. The lowest BCUT2D eigenvalue weighted by molar-refractivity contribution is -0.0531. The van der Waals surface area contributed by atoms with Crippen LogP contribution in [0, 0.1) is 5.92 Å². The van der Waals surface area contributed by atoms with Gasteiger partial charge in [-0.25, -0.2) is 0 Å². The summed E-state index contributed by atoms with van der Waals surface area (Å²) in [5, 5.41) is 23.6. The number of nitrogens with one attached hydrogen (secondary N) is 1. The molecule has 3 N–H and O–H groups in total. The van der Waals surface area contributed by atoms with Crippen LogP contribution in [0.4, 0.5) is 0 Å². The van der Waals surface area contributed by atoms with Crippen LogP contribution in [-0.4, -0.2) is 23.8 Å². The van der Waals surface area contributed by atoms with Gasteiger partial charge >= 0.3 is 0 Å². The molecule has 0 aliphatic heterocycles. The van der Waals surface area contributed by atoms with E-state index in [0.29, 0.717) is 0 Å². The van der Waals surface area contributed by atoms with Gasteiger partial charge in [0.05, 0.1) is 5.60 Å². The standard InChI is InChI=1S/C14H21NO2/c1-15-10-12-5-2-3-8-14(12,17)11-6-4-7-13(16)9-11/h4,6-7,9,12,15-17H,2-3,5,8,10H2,1H3/t12-,14+/m0/s1. The van der Waals surface area contributed by atoms with E-state index in [2.05, 4.69) is 5.32 Å². The predicted octanol–water partition coefficient (Wildman–Crippen LogP) is 1.99. The maximum atomic E-state index is 10.9. The van der Waals surface area contributed by atoms with Gasteiger partial charge in [0.25, 0.3) is 0 Å². The molecule has 0 spiro atoms. The Morgan fingerprint density at radius 1 is 1.41 bits per heavy atom. The monoisotopic (exact) mass is 235 g/mol. The van der Waals surface area contributed by atoms with Crippen LogP contribution in [0.15, 0.2) is 24.3 Å². The van der Waals surface area contributed by atoms with Gasteiger partial charge in [-0.3, -0.25) is 0 Å². The number of rotatable bonds is 3. The van der Waals surface area contributed by atoms with Gasteiger partial charge in [0.1, 0.15) is 5.75 Å². The predicted molar refractivity (Wildman–Crippen MR) is 67.9 cm³/mol. The number of aromatic hydroxyl groups is 1. The Hall–Kier alpha value is -1.06. The van der Waals surface area contributed by atoms with Crippen LogP contribution in [-0.2, 0) is 5.60 Å². The molecule has 0 radical (unpaired) electrons. The van der Waals surface area contributed by atoms with Crippen LogP contribution in [0.3, 0.4) is 0 Å². The van der Waals surface area contributed by atoms with Crippen LogP contribution in [0.1, 0.15) is 31.2 Å². The first kappa shape index (κ1) is 12.4.